The SMILES string of the molecule is O=C(NC1CCCC(C(=O)O)CC1)c1csc(C(F)(F)F)c1. The third-order valence-electron chi connectivity index (χ3n) is 3.79. The Bertz CT molecular complexity index is 556. The van der Waals surface area contributed by atoms with Crippen molar-refractivity contribution in [3.8, 4) is 0 Å². The number of carbonyl (C=O) groups is 2. The van der Waals surface area contributed by atoms with E-state index in [0.717, 1.165) is 6.07 Å². The number of rotatable bonds is 3. The number of hydrogen-bond donors (Lipinski definition) is 2. The van der Waals surface area contributed by atoms with Crippen molar-refractivity contribution in [1.82, 2.24) is 5.32 Å². The van der Waals surface area contributed by atoms with E-state index in [2.05, 4.69) is 5.32 Å². The molecule has 0 saturated heterocycles. The lowest BCUT2D eigenvalue weighted by atomic mass is 10.0. The number of nitrogens with one attached hydrogen (secondary N) is 1. The molecule has 0 aliphatic heterocycles. The molecule has 122 valence electrons. The van der Waals surface area contributed by atoms with Crippen molar-refractivity contribution in [2.45, 2.75) is 44.3 Å². The summed E-state index contributed by atoms with van der Waals surface area (Å²) >= 11 is 0.492. The lowest BCUT2D eigenvalue weighted by Crippen LogP contribution is -2.34. The molecule has 0 aromatic carbocycles. The van der Waals surface area contributed by atoms with Gasteiger partial charge in [0.1, 0.15) is 4.88 Å². The topological polar surface area (TPSA) is 66.4 Å². The van der Waals surface area contributed by atoms with Crippen LogP contribution in [0.3, 0.4) is 0 Å². The van der Waals surface area contributed by atoms with Gasteiger partial charge < -0.3 is 10.4 Å². The minimum atomic E-state index is -4.44. The predicted molar refractivity (Wildman–Crippen MR) is 74.8 cm³/mol. The highest BCUT2D eigenvalue weighted by molar-refractivity contribution is 7.10. The van der Waals surface area contributed by atoms with Gasteiger partial charge in [0, 0.05) is 11.4 Å². The van der Waals surface area contributed by atoms with Crippen molar-refractivity contribution in [3.63, 3.8) is 0 Å². The van der Waals surface area contributed by atoms with Crippen molar-refractivity contribution in [3.05, 3.63) is 21.9 Å². The molecule has 2 rings (SSSR count). The van der Waals surface area contributed by atoms with E-state index < -0.39 is 28.8 Å². The van der Waals surface area contributed by atoms with Crippen LogP contribution < -0.4 is 5.32 Å². The highest BCUT2D eigenvalue weighted by Crippen LogP contribution is 2.34. The molecule has 0 bridgehead atoms. The quantitative estimate of drug-likeness (QED) is 0.831. The molecule has 1 aromatic rings. The Morgan fingerprint density at radius 2 is 1.95 bits per heavy atom. The smallest absolute Gasteiger partial charge is 0.425 e. The summed E-state index contributed by atoms with van der Waals surface area (Å²) in [6.45, 7) is 0. The summed E-state index contributed by atoms with van der Waals surface area (Å²) < 4.78 is 37.6. The predicted octanol–water partition coefficient (Wildman–Crippen LogP) is 3.53. The summed E-state index contributed by atoms with van der Waals surface area (Å²) in [6.07, 6.45) is -1.56. The zero-order valence-corrected chi connectivity index (χ0v) is 12.5. The van der Waals surface area contributed by atoms with Gasteiger partial charge in [-0.15, -0.1) is 11.3 Å². The zero-order chi connectivity index (χ0) is 16.3. The maximum absolute atomic E-state index is 12.5. The molecule has 1 heterocycles. The fourth-order valence-corrected chi connectivity index (χ4v) is 3.32. The third-order valence-corrected chi connectivity index (χ3v) is 4.77. The largest absolute Gasteiger partial charge is 0.481 e. The van der Waals surface area contributed by atoms with Crippen molar-refractivity contribution in [1.29, 1.82) is 0 Å². The van der Waals surface area contributed by atoms with Crippen molar-refractivity contribution >= 4 is 23.2 Å². The van der Waals surface area contributed by atoms with E-state index in [9.17, 15) is 22.8 Å². The van der Waals surface area contributed by atoms with Crippen LogP contribution in [-0.2, 0) is 11.0 Å². The molecule has 22 heavy (non-hydrogen) atoms. The first-order valence-corrected chi connectivity index (χ1v) is 7.84. The highest BCUT2D eigenvalue weighted by atomic mass is 32.1. The number of carboxylic acid groups (broad SMARTS) is 1. The van der Waals surface area contributed by atoms with Gasteiger partial charge in [-0.1, -0.05) is 6.42 Å². The summed E-state index contributed by atoms with van der Waals surface area (Å²) in [6, 6.07) is 0.655. The normalized spacial score (nSPS) is 22.9. The van der Waals surface area contributed by atoms with Crippen LogP contribution in [0.4, 0.5) is 13.2 Å². The molecule has 0 radical (unpaired) electrons. The number of halogens is 3. The van der Waals surface area contributed by atoms with Gasteiger partial charge >= 0.3 is 12.1 Å². The fraction of sp³-hybridized carbons (Fsp3) is 0.571. The van der Waals surface area contributed by atoms with Crippen molar-refractivity contribution in [2.24, 2.45) is 5.92 Å². The molecule has 1 aromatic heterocycles. The summed E-state index contributed by atoms with van der Waals surface area (Å²) in [5.74, 6) is -1.77. The van der Waals surface area contributed by atoms with Gasteiger partial charge in [-0.3, -0.25) is 9.59 Å². The number of carbonyl (C=O) groups excluding carboxylic acids is 1. The molecular formula is C14H16F3NO3S. The van der Waals surface area contributed by atoms with Crippen LogP contribution in [0, 0.1) is 5.92 Å². The molecular weight excluding hydrogens is 319 g/mol. The van der Waals surface area contributed by atoms with E-state index in [1.54, 1.807) is 0 Å². The van der Waals surface area contributed by atoms with Crippen LogP contribution in [0.15, 0.2) is 11.4 Å². The molecule has 4 nitrogen and oxygen atoms in total. The second-order valence-electron chi connectivity index (χ2n) is 5.41. The average molecular weight is 335 g/mol. The summed E-state index contributed by atoms with van der Waals surface area (Å²) in [4.78, 5) is 22.2. The van der Waals surface area contributed by atoms with Crippen LogP contribution in [0.1, 0.15) is 47.3 Å². The maximum atomic E-state index is 12.5. The van der Waals surface area contributed by atoms with E-state index in [1.807, 2.05) is 0 Å². The number of carboxylic acids is 1. The average Bonchev–Trinajstić information content (AvgIpc) is 2.81. The Balaban J connectivity index is 1.94. The summed E-state index contributed by atoms with van der Waals surface area (Å²) in [5, 5.41) is 12.9. The van der Waals surface area contributed by atoms with Gasteiger partial charge in [-0.25, -0.2) is 0 Å². The second-order valence-corrected chi connectivity index (χ2v) is 6.32. The van der Waals surface area contributed by atoms with Crippen LogP contribution in [0.25, 0.3) is 0 Å². The van der Waals surface area contributed by atoms with Crippen LogP contribution >= 0.6 is 11.3 Å². The van der Waals surface area contributed by atoms with Gasteiger partial charge in [0.25, 0.3) is 5.91 Å². The minimum absolute atomic E-state index is 0.00337. The number of aliphatic carboxylic acids is 1. The molecule has 2 unspecified atom stereocenters. The van der Waals surface area contributed by atoms with Crippen LogP contribution in [-0.4, -0.2) is 23.0 Å². The number of thiophene rings is 1. The summed E-state index contributed by atoms with van der Waals surface area (Å²) in [5.41, 5.74) is -0.00337. The number of amides is 1. The van der Waals surface area contributed by atoms with Crippen molar-refractivity contribution < 1.29 is 27.9 Å². The Morgan fingerprint density at radius 3 is 2.55 bits per heavy atom. The Hall–Kier alpha value is -1.57. The zero-order valence-electron chi connectivity index (χ0n) is 11.7. The lowest BCUT2D eigenvalue weighted by Gasteiger charge is -2.15. The molecule has 1 aliphatic rings. The van der Waals surface area contributed by atoms with E-state index in [-0.39, 0.29) is 11.6 Å². The Kier molecular flexibility index (Phi) is 5.10. The molecule has 1 amide bonds. The fourth-order valence-electron chi connectivity index (χ4n) is 2.57. The molecule has 1 fully saturated rings. The van der Waals surface area contributed by atoms with E-state index in [4.69, 9.17) is 5.11 Å². The van der Waals surface area contributed by atoms with Gasteiger partial charge in [0.2, 0.25) is 0 Å². The third kappa shape index (κ3) is 4.22. The van der Waals surface area contributed by atoms with Gasteiger partial charge in [0.05, 0.1) is 11.5 Å². The Morgan fingerprint density at radius 1 is 1.23 bits per heavy atom. The lowest BCUT2D eigenvalue weighted by molar-refractivity contribution is -0.142. The highest BCUT2D eigenvalue weighted by Gasteiger charge is 2.33. The molecule has 1 saturated carbocycles. The number of alkyl halides is 3. The van der Waals surface area contributed by atoms with E-state index in [0.29, 0.717) is 43.4 Å². The standard InChI is InChI=1S/C14H16F3NO3S/c15-14(16,17)11-6-9(7-22-11)12(19)18-10-3-1-2-8(4-5-10)13(20)21/h6-8,10H,1-5H2,(H,18,19)(H,20,21). The van der Waals surface area contributed by atoms with Crippen molar-refractivity contribution in [2.75, 3.05) is 0 Å². The summed E-state index contributed by atoms with van der Waals surface area (Å²) in [7, 11) is 0. The first-order valence-electron chi connectivity index (χ1n) is 6.96. The molecule has 0 spiro atoms. The first-order chi connectivity index (χ1) is 10.3. The van der Waals surface area contributed by atoms with Gasteiger partial charge in [-0.2, -0.15) is 13.2 Å². The first kappa shape index (κ1) is 16.8. The second kappa shape index (κ2) is 6.68. The van der Waals surface area contributed by atoms with E-state index in [1.165, 1.54) is 5.38 Å². The maximum Gasteiger partial charge on any atom is 0.425 e. The minimum Gasteiger partial charge on any atom is -0.481 e. The number of hydrogen-bond acceptors (Lipinski definition) is 3. The monoisotopic (exact) mass is 335 g/mol. The van der Waals surface area contributed by atoms with Crippen LogP contribution in [0.5, 0.6) is 0 Å². The van der Waals surface area contributed by atoms with E-state index >= 15 is 0 Å². The molecule has 2 N–H and O–H groups in total. The van der Waals surface area contributed by atoms with Gasteiger partial charge in [-0.05, 0) is 31.7 Å². The molecule has 2 atom stereocenters. The molecule has 1 aliphatic carbocycles. The Labute approximate surface area is 129 Å². The van der Waals surface area contributed by atoms with Gasteiger partial charge in [0.15, 0.2) is 0 Å². The van der Waals surface area contributed by atoms with Crippen LogP contribution in [0.2, 0.25) is 0 Å². The molecule has 8 heteroatoms.